The minimum atomic E-state index is -0.433. The van der Waals surface area contributed by atoms with E-state index in [1.54, 1.807) is 24.3 Å². The molecular formula is C9H7NO3. The molecule has 0 aromatic rings. The lowest BCUT2D eigenvalue weighted by atomic mass is 9.90. The molecule has 0 fully saturated rings. The molecule has 0 aliphatic heterocycles. The van der Waals surface area contributed by atoms with Crippen molar-refractivity contribution >= 4 is 5.78 Å². The number of carbonyl (C=O) groups excluding carboxylic acids is 1. The van der Waals surface area contributed by atoms with Crippen molar-refractivity contribution in [1.29, 1.82) is 0 Å². The summed E-state index contributed by atoms with van der Waals surface area (Å²) in [5, 5.41) is 12.0. The quantitative estimate of drug-likeness (QED) is 0.616. The van der Waals surface area contributed by atoms with Gasteiger partial charge in [-0.25, -0.2) is 0 Å². The van der Waals surface area contributed by atoms with E-state index in [1.807, 2.05) is 0 Å². The van der Waals surface area contributed by atoms with Gasteiger partial charge in [-0.15, -0.1) is 4.91 Å². The van der Waals surface area contributed by atoms with Gasteiger partial charge < -0.3 is 5.11 Å². The molecule has 0 saturated carbocycles. The van der Waals surface area contributed by atoms with Crippen molar-refractivity contribution in [2.45, 2.75) is 0 Å². The summed E-state index contributed by atoms with van der Waals surface area (Å²) in [4.78, 5) is 21.6. The summed E-state index contributed by atoms with van der Waals surface area (Å²) in [7, 11) is 0. The Morgan fingerprint density at radius 3 is 2.38 bits per heavy atom. The number of Topliss-reactive ketones (excluding diaryl/α,β-unsaturated/α-hetero) is 1. The largest absolute Gasteiger partial charge is 0.509 e. The van der Waals surface area contributed by atoms with Crippen LogP contribution in [0, 0.1) is 16.7 Å². The molecule has 0 aromatic carbocycles. The fourth-order valence-corrected chi connectivity index (χ4v) is 1.65. The van der Waals surface area contributed by atoms with Crippen molar-refractivity contribution in [3.05, 3.63) is 40.7 Å². The topological polar surface area (TPSA) is 66.7 Å². The SMILES string of the molecule is O=NC1=C(O)C2C=CC=CC2C1=O. The molecule has 2 aliphatic carbocycles. The number of aliphatic hydroxyl groups excluding tert-OH is 1. The molecule has 66 valence electrons. The highest BCUT2D eigenvalue weighted by molar-refractivity contribution is 6.01. The third-order valence-electron chi connectivity index (χ3n) is 2.32. The van der Waals surface area contributed by atoms with Gasteiger partial charge in [-0.3, -0.25) is 4.79 Å². The standard InChI is InChI=1S/C9H7NO3/c11-8-5-3-1-2-4-6(5)9(12)7(8)10-13/h1-6,11H. The molecule has 0 amide bonds. The predicted octanol–water partition coefficient (Wildman–Crippen LogP) is 1.46. The van der Waals surface area contributed by atoms with Gasteiger partial charge in [0.05, 0.1) is 11.8 Å². The number of aliphatic hydroxyl groups is 1. The van der Waals surface area contributed by atoms with E-state index in [1.165, 1.54) is 0 Å². The lowest BCUT2D eigenvalue weighted by molar-refractivity contribution is -0.117. The molecule has 0 spiro atoms. The number of nitrogens with zero attached hydrogens (tertiary/aromatic N) is 1. The number of ketones is 1. The molecule has 0 bridgehead atoms. The van der Waals surface area contributed by atoms with E-state index in [-0.39, 0.29) is 17.4 Å². The van der Waals surface area contributed by atoms with E-state index in [0.717, 1.165) is 0 Å². The highest BCUT2D eigenvalue weighted by Crippen LogP contribution is 2.36. The minimum absolute atomic E-state index is 0.203. The average molecular weight is 177 g/mol. The number of hydrogen-bond donors (Lipinski definition) is 1. The Morgan fingerprint density at radius 2 is 1.85 bits per heavy atom. The summed E-state index contributed by atoms with van der Waals surface area (Å²) in [6.45, 7) is 0. The first-order valence-electron chi connectivity index (χ1n) is 3.91. The third kappa shape index (κ3) is 0.950. The second-order valence-electron chi connectivity index (χ2n) is 3.01. The zero-order valence-electron chi connectivity index (χ0n) is 6.68. The lowest BCUT2D eigenvalue weighted by Crippen LogP contribution is -2.15. The number of rotatable bonds is 1. The predicted molar refractivity (Wildman–Crippen MR) is 45.7 cm³/mol. The van der Waals surface area contributed by atoms with Gasteiger partial charge >= 0.3 is 0 Å². The molecule has 4 nitrogen and oxygen atoms in total. The molecule has 2 atom stereocenters. The molecule has 0 heterocycles. The molecule has 1 N–H and O–H groups in total. The van der Waals surface area contributed by atoms with Crippen LogP contribution in [0.2, 0.25) is 0 Å². The van der Waals surface area contributed by atoms with E-state index in [0.29, 0.717) is 0 Å². The van der Waals surface area contributed by atoms with E-state index < -0.39 is 11.7 Å². The van der Waals surface area contributed by atoms with Crippen LogP contribution in [-0.2, 0) is 4.79 Å². The van der Waals surface area contributed by atoms with Crippen LogP contribution in [0.1, 0.15) is 0 Å². The van der Waals surface area contributed by atoms with Crippen LogP contribution >= 0.6 is 0 Å². The van der Waals surface area contributed by atoms with Gasteiger partial charge in [-0.2, -0.15) is 0 Å². The molecule has 4 heteroatoms. The van der Waals surface area contributed by atoms with E-state index in [9.17, 15) is 14.8 Å². The lowest BCUT2D eigenvalue weighted by Gasteiger charge is -2.13. The minimum Gasteiger partial charge on any atom is -0.509 e. The van der Waals surface area contributed by atoms with Gasteiger partial charge in [0.2, 0.25) is 0 Å². The van der Waals surface area contributed by atoms with Gasteiger partial charge in [0.1, 0.15) is 5.76 Å². The highest BCUT2D eigenvalue weighted by Gasteiger charge is 2.41. The maximum atomic E-state index is 11.4. The van der Waals surface area contributed by atoms with Crippen LogP contribution in [0.4, 0.5) is 0 Å². The molecule has 0 saturated heterocycles. The first kappa shape index (κ1) is 7.91. The molecule has 0 aromatic heterocycles. The van der Waals surface area contributed by atoms with Gasteiger partial charge in [-0.1, -0.05) is 24.3 Å². The molecule has 2 aliphatic rings. The monoisotopic (exact) mass is 177 g/mol. The highest BCUT2D eigenvalue weighted by atomic mass is 16.3. The van der Waals surface area contributed by atoms with Gasteiger partial charge in [0.15, 0.2) is 11.5 Å². The van der Waals surface area contributed by atoms with Crippen molar-refractivity contribution in [1.82, 2.24) is 0 Å². The van der Waals surface area contributed by atoms with E-state index in [2.05, 4.69) is 5.18 Å². The Labute approximate surface area is 74.2 Å². The molecule has 0 radical (unpaired) electrons. The summed E-state index contributed by atoms with van der Waals surface area (Å²) in [5.74, 6) is -1.41. The van der Waals surface area contributed by atoms with Crippen molar-refractivity contribution in [2.75, 3.05) is 0 Å². The first-order chi connectivity index (χ1) is 6.25. The summed E-state index contributed by atoms with van der Waals surface area (Å²) < 4.78 is 0. The normalized spacial score (nSPS) is 30.9. The average Bonchev–Trinajstić information content (AvgIpc) is 2.41. The van der Waals surface area contributed by atoms with Crippen LogP contribution in [0.5, 0.6) is 0 Å². The van der Waals surface area contributed by atoms with E-state index in [4.69, 9.17) is 0 Å². The summed E-state index contributed by atoms with van der Waals surface area (Å²) in [5.41, 5.74) is -0.328. The Morgan fingerprint density at radius 1 is 1.23 bits per heavy atom. The smallest absolute Gasteiger partial charge is 0.196 e. The van der Waals surface area contributed by atoms with E-state index >= 15 is 0 Å². The van der Waals surface area contributed by atoms with Crippen molar-refractivity contribution in [2.24, 2.45) is 17.0 Å². The van der Waals surface area contributed by atoms with Crippen LogP contribution in [0.15, 0.2) is 40.9 Å². The van der Waals surface area contributed by atoms with Crippen molar-refractivity contribution in [3.63, 3.8) is 0 Å². The number of hydrogen-bond acceptors (Lipinski definition) is 4. The Balaban J connectivity index is 2.47. The van der Waals surface area contributed by atoms with Crippen LogP contribution in [-0.4, -0.2) is 10.9 Å². The molecular weight excluding hydrogens is 170 g/mol. The van der Waals surface area contributed by atoms with Crippen molar-refractivity contribution < 1.29 is 9.90 Å². The zero-order valence-corrected chi connectivity index (χ0v) is 6.68. The Hall–Kier alpha value is -1.71. The molecule has 13 heavy (non-hydrogen) atoms. The fourth-order valence-electron chi connectivity index (χ4n) is 1.65. The fraction of sp³-hybridized carbons (Fsp3) is 0.222. The summed E-state index contributed by atoms with van der Waals surface area (Å²) in [6, 6.07) is 0. The second kappa shape index (κ2) is 2.65. The van der Waals surface area contributed by atoms with Gasteiger partial charge in [0.25, 0.3) is 0 Å². The maximum absolute atomic E-state index is 11.4. The maximum Gasteiger partial charge on any atom is 0.196 e. The van der Waals surface area contributed by atoms with Crippen LogP contribution < -0.4 is 0 Å². The van der Waals surface area contributed by atoms with Gasteiger partial charge in [-0.05, 0) is 5.18 Å². The number of nitroso groups, excluding NO2 is 1. The summed E-state index contributed by atoms with van der Waals surface area (Å²) >= 11 is 0. The Bertz CT molecular complexity index is 365. The Kier molecular flexibility index (Phi) is 1.62. The second-order valence-corrected chi connectivity index (χ2v) is 3.01. The third-order valence-corrected chi connectivity index (χ3v) is 2.32. The van der Waals surface area contributed by atoms with Crippen LogP contribution in [0.3, 0.4) is 0 Å². The number of carbonyl (C=O) groups is 1. The molecule has 2 unspecified atom stereocenters. The van der Waals surface area contributed by atoms with Crippen LogP contribution in [0.25, 0.3) is 0 Å². The van der Waals surface area contributed by atoms with Crippen molar-refractivity contribution in [3.8, 4) is 0 Å². The number of allylic oxidation sites excluding steroid dienone is 5. The molecule has 2 rings (SSSR count). The first-order valence-corrected chi connectivity index (χ1v) is 3.91. The zero-order chi connectivity index (χ0) is 9.42. The summed E-state index contributed by atoms with van der Waals surface area (Å²) in [6.07, 6.45) is 6.82. The van der Waals surface area contributed by atoms with Gasteiger partial charge in [0, 0.05) is 0 Å². The number of fused-ring (bicyclic) bond motifs is 1.